The normalized spacial score (nSPS) is 14.8. The first-order chi connectivity index (χ1) is 13.9. The Balaban J connectivity index is 1.61. The second kappa shape index (κ2) is 5.05. The molecule has 4 heterocycles. The summed E-state index contributed by atoms with van der Waals surface area (Å²) in [4.78, 5) is 5.06. The number of fused-ring (bicyclic) bond motifs is 10. The minimum atomic E-state index is 0.135. The fraction of sp³-hybridized carbons (Fsp3) is 0.0417. The summed E-state index contributed by atoms with van der Waals surface area (Å²) in [5, 5.41) is 0. The first kappa shape index (κ1) is 14.5. The fourth-order valence-corrected chi connectivity index (χ4v) is 5.21. The number of hydrogen-bond acceptors (Lipinski definition) is 2. The van der Waals surface area contributed by atoms with E-state index >= 15 is 0 Å². The fourth-order valence-electron chi connectivity index (χ4n) is 5.21. The molecule has 3 aromatic carbocycles. The van der Waals surface area contributed by atoms with Crippen LogP contribution in [-0.2, 0) is 6.54 Å². The van der Waals surface area contributed by atoms with E-state index in [4.69, 9.17) is 0 Å². The third kappa shape index (κ3) is 1.64. The van der Waals surface area contributed by atoms with Crippen LogP contribution in [0.4, 0.5) is 22.9 Å². The molecule has 0 aliphatic carbocycles. The van der Waals surface area contributed by atoms with Gasteiger partial charge in [-0.25, -0.2) is 4.57 Å². The summed E-state index contributed by atoms with van der Waals surface area (Å²) in [6.07, 6.45) is 2.19. The minimum Gasteiger partial charge on any atom is -0.335 e. The van der Waals surface area contributed by atoms with Gasteiger partial charge in [0.25, 0.3) is 5.82 Å². The maximum Gasteiger partial charge on any atom is 0.543 e. The van der Waals surface area contributed by atoms with Crippen LogP contribution in [0.5, 0.6) is 0 Å². The molecule has 0 radical (unpaired) electrons. The van der Waals surface area contributed by atoms with E-state index in [2.05, 4.69) is 105 Å². The molecule has 4 aromatic rings. The summed E-state index contributed by atoms with van der Waals surface area (Å²) in [6.45, 7) is 1.05. The monoisotopic (exact) mass is 358 g/mol. The third-order valence-corrected chi connectivity index (χ3v) is 6.28. The smallest absolute Gasteiger partial charge is 0.335 e. The van der Waals surface area contributed by atoms with Crippen molar-refractivity contribution in [2.75, 3.05) is 9.62 Å². The highest BCUT2D eigenvalue weighted by molar-refractivity contribution is 6.86. The van der Waals surface area contributed by atoms with Crippen LogP contribution in [0.1, 0.15) is 5.56 Å². The van der Waals surface area contributed by atoms with Gasteiger partial charge in [0.1, 0.15) is 12.2 Å². The molecule has 0 amide bonds. The predicted molar refractivity (Wildman–Crippen MR) is 114 cm³/mol. The Kier molecular flexibility index (Phi) is 2.62. The van der Waals surface area contributed by atoms with Gasteiger partial charge in [-0.3, -0.25) is 4.81 Å². The molecule has 0 saturated heterocycles. The molecule has 28 heavy (non-hydrogen) atoms. The lowest BCUT2D eigenvalue weighted by molar-refractivity contribution is -0.676. The topological polar surface area (TPSA) is 10.4 Å². The average Bonchev–Trinajstić information content (AvgIpc) is 3.12. The highest BCUT2D eigenvalue weighted by atomic mass is 15.4. The maximum atomic E-state index is 2.53. The quantitative estimate of drug-likeness (QED) is 0.347. The molecule has 0 fully saturated rings. The van der Waals surface area contributed by atoms with Gasteiger partial charge >= 0.3 is 6.98 Å². The van der Waals surface area contributed by atoms with Crippen LogP contribution in [0.3, 0.4) is 0 Å². The SMILES string of the molecule is c1ccc2c(c1)B1N(c3ccccc3-2)c2cccc3c2N1c1cccc[n+]1C3. The molecule has 0 spiro atoms. The summed E-state index contributed by atoms with van der Waals surface area (Å²) < 4.78 is 2.36. The molecule has 0 N–H and O–H groups in total. The van der Waals surface area contributed by atoms with Crippen molar-refractivity contribution in [3.05, 3.63) is 96.7 Å². The molecular formula is C24H17BN3+. The molecule has 1 aromatic heterocycles. The molecule has 3 nitrogen and oxygen atoms in total. The number of nitrogens with zero attached hydrogens (tertiary/aromatic N) is 3. The first-order valence-electron chi connectivity index (χ1n) is 9.79. The van der Waals surface area contributed by atoms with Crippen LogP contribution >= 0.6 is 0 Å². The van der Waals surface area contributed by atoms with Crippen LogP contribution in [0.2, 0.25) is 0 Å². The Bertz CT molecular complexity index is 1280. The number of hydrogen-bond donors (Lipinski definition) is 0. The van der Waals surface area contributed by atoms with Crippen LogP contribution in [0.25, 0.3) is 11.1 Å². The van der Waals surface area contributed by atoms with E-state index < -0.39 is 0 Å². The molecular weight excluding hydrogens is 341 g/mol. The maximum absolute atomic E-state index is 2.53. The summed E-state index contributed by atoms with van der Waals surface area (Å²) in [5.41, 5.74) is 9.34. The predicted octanol–water partition coefficient (Wildman–Crippen LogP) is 4.00. The number of para-hydroxylation sites is 2. The molecule has 0 bridgehead atoms. The van der Waals surface area contributed by atoms with E-state index in [-0.39, 0.29) is 6.98 Å². The lowest BCUT2D eigenvalue weighted by Gasteiger charge is -2.32. The van der Waals surface area contributed by atoms with E-state index in [9.17, 15) is 0 Å². The van der Waals surface area contributed by atoms with E-state index in [1.165, 1.54) is 45.0 Å². The second-order valence-electron chi connectivity index (χ2n) is 7.69. The van der Waals surface area contributed by atoms with E-state index in [0.717, 1.165) is 6.54 Å². The van der Waals surface area contributed by atoms with Crippen LogP contribution < -0.4 is 19.7 Å². The largest absolute Gasteiger partial charge is 0.543 e. The molecule has 0 unspecified atom stereocenters. The zero-order chi connectivity index (χ0) is 18.2. The van der Waals surface area contributed by atoms with Crippen molar-refractivity contribution in [3.8, 4) is 11.1 Å². The van der Waals surface area contributed by atoms with Gasteiger partial charge in [0.2, 0.25) is 0 Å². The Hall–Kier alpha value is -3.53. The van der Waals surface area contributed by atoms with E-state index in [0.29, 0.717) is 0 Å². The molecule has 4 heteroatoms. The molecule has 3 aliphatic rings. The van der Waals surface area contributed by atoms with E-state index in [1.54, 1.807) is 0 Å². The molecule has 0 saturated carbocycles. The number of aromatic nitrogens is 1. The van der Waals surface area contributed by atoms with Crippen molar-refractivity contribution in [2.24, 2.45) is 0 Å². The van der Waals surface area contributed by atoms with Crippen LogP contribution in [0, 0.1) is 0 Å². The summed E-state index contributed by atoms with van der Waals surface area (Å²) >= 11 is 0. The lowest BCUT2D eigenvalue weighted by Crippen LogP contribution is -2.59. The van der Waals surface area contributed by atoms with Gasteiger partial charge in [0.05, 0.1) is 11.9 Å². The lowest BCUT2D eigenvalue weighted by atomic mass is 9.59. The Labute approximate surface area is 164 Å². The zero-order valence-electron chi connectivity index (χ0n) is 15.3. The van der Waals surface area contributed by atoms with Gasteiger partial charge < -0.3 is 4.81 Å². The summed E-state index contributed by atoms with van der Waals surface area (Å²) in [5.74, 6) is 1.25. The van der Waals surface area contributed by atoms with E-state index in [1.807, 2.05) is 0 Å². The first-order valence-corrected chi connectivity index (χ1v) is 9.79. The average molecular weight is 358 g/mol. The Morgan fingerprint density at radius 2 is 1.46 bits per heavy atom. The van der Waals surface area contributed by atoms with Gasteiger partial charge in [-0.1, -0.05) is 60.7 Å². The number of rotatable bonds is 0. The molecule has 130 valence electrons. The van der Waals surface area contributed by atoms with Gasteiger partial charge in [0.15, 0.2) is 0 Å². The highest BCUT2D eigenvalue weighted by Gasteiger charge is 2.56. The summed E-state index contributed by atoms with van der Waals surface area (Å²) in [7, 11) is 0. The minimum absolute atomic E-state index is 0.135. The van der Waals surface area contributed by atoms with Crippen molar-refractivity contribution >= 4 is 35.3 Å². The highest BCUT2D eigenvalue weighted by Crippen LogP contribution is 2.52. The van der Waals surface area contributed by atoms with Crippen molar-refractivity contribution < 1.29 is 4.57 Å². The molecule has 7 rings (SSSR count). The van der Waals surface area contributed by atoms with Crippen molar-refractivity contribution in [3.63, 3.8) is 0 Å². The number of pyridine rings is 1. The van der Waals surface area contributed by atoms with Crippen molar-refractivity contribution in [2.45, 2.75) is 6.54 Å². The van der Waals surface area contributed by atoms with Crippen LogP contribution in [0.15, 0.2) is 91.1 Å². The van der Waals surface area contributed by atoms with Gasteiger partial charge in [-0.05, 0) is 23.8 Å². The zero-order valence-corrected chi connectivity index (χ0v) is 15.3. The Morgan fingerprint density at radius 3 is 2.43 bits per heavy atom. The molecule has 0 atom stereocenters. The Morgan fingerprint density at radius 1 is 0.679 bits per heavy atom. The number of benzene rings is 3. The number of anilines is 4. The van der Waals surface area contributed by atoms with Gasteiger partial charge in [0, 0.05) is 28.3 Å². The molecule has 3 aliphatic heterocycles. The van der Waals surface area contributed by atoms with Crippen LogP contribution in [-0.4, -0.2) is 6.98 Å². The third-order valence-electron chi connectivity index (χ3n) is 6.28. The van der Waals surface area contributed by atoms with Crippen molar-refractivity contribution in [1.82, 2.24) is 0 Å². The summed E-state index contributed by atoms with van der Waals surface area (Å²) in [6, 6.07) is 30.9. The second-order valence-corrected chi connectivity index (χ2v) is 7.69. The standard InChI is InChI=1S/C24H17BN3/c1-3-11-20-18(9-1)19-10-2-4-12-21(19)27-22-13-7-8-17-16-26-15-6-5-14-23(26)28(24(17)22)25(20)27/h1-15H,16H2/q+1. The van der Waals surface area contributed by atoms with Gasteiger partial charge in [-0.15, -0.1) is 0 Å². The van der Waals surface area contributed by atoms with Gasteiger partial charge in [-0.2, -0.15) is 0 Å². The van der Waals surface area contributed by atoms with Crippen molar-refractivity contribution in [1.29, 1.82) is 0 Å².